The number of rotatable bonds is 0. The zero-order valence-electron chi connectivity index (χ0n) is 5.09. The van der Waals surface area contributed by atoms with Gasteiger partial charge in [-0.15, -0.1) is 0 Å². The Labute approximate surface area is 49.2 Å². The monoisotopic (exact) mass is 113 g/mol. The smallest absolute Gasteiger partial charge is 0.0623 e. The highest BCUT2D eigenvalue weighted by Gasteiger charge is 2.33. The molecule has 0 aromatic carbocycles. The van der Waals surface area contributed by atoms with Crippen LogP contribution in [0.3, 0.4) is 0 Å². The van der Waals surface area contributed by atoms with Gasteiger partial charge in [0.2, 0.25) is 0 Å². The van der Waals surface area contributed by atoms with Gasteiger partial charge in [0.25, 0.3) is 0 Å². The zero-order chi connectivity index (χ0) is 5.56. The molecule has 3 nitrogen and oxygen atoms in total. The Hall–Kier alpha value is -0.120. The van der Waals surface area contributed by atoms with Crippen LogP contribution in [0.5, 0.6) is 0 Å². The summed E-state index contributed by atoms with van der Waals surface area (Å²) < 4.78 is 0. The third-order valence-electron chi connectivity index (χ3n) is 1.95. The van der Waals surface area contributed by atoms with E-state index < -0.39 is 0 Å². The molecule has 0 saturated carbocycles. The van der Waals surface area contributed by atoms with E-state index in [2.05, 4.69) is 22.4 Å². The number of hydrogen-bond donors (Lipinski definition) is 1. The van der Waals surface area contributed by atoms with Crippen molar-refractivity contribution in [3.05, 3.63) is 0 Å². The fourth-order valence-corrected chi connectivity index (χ4v) is 1.22. The molecule has 0 spiro atoms. The number of hydrazine groups is 1. The van der Waals surface area contributed by atoms with Gasteiger partial charge < -0.3 is 0 Å². The first-order valence-electron chi connectivity index (χ1n) is 3.05. The summed E-state index contributed by atoms with van der Waals surface area (Å²) in [5.41, 5.74) is 0. The first kappa shape index (κ1) is 4.73. The maximum Gasteiger partial charge on any atom is 0.0623 e. The van der Waals surface area contributed by atoms with E-state index in [-0.39, 0.29) is 0 Å². The van der Waals surface area contributed by atoms with E-state index in [1.54, 1.807) is 0 Å². The van der Waals surface area contributed by atoms with Gasteiger partial charge in [-0.3, -0.25) is 5.32 Å². The van der Waals surface area contributed by atoms with Gasteiger partial charge in [0, 0.05) is 26.2 Å². The molecule has 0 amide bonds. The first-order valence-corrected chi connectivity index (χ1v) is 3.05. The van der Waals surface area contributed by atoms with Gasteiger partial charge >= 0.3 is 0 Å². The molecule has 3 heterocycles. The van der Waals surface area contributed by atoms with E-state index in [1.807, 2.05) is 0 Å². The summed E-state index contributed by atoms with van der Waals surface area (Å²) in [7, 11) is 2.11. The fraction of sp³-hybridized carbons (Fsp3) is 1.00. The van der Waals surface area contributed by atoms with Gasteiger partial charge in [-0.1, -0.05) is 0 Å². The minimum absolute atomic E-state index is 0.797. The molecule has 3 aliphatic heterocycles. The quantitative estimate of drug-likeness (QED) is 0.438. The lowest BCUT2D eigenvalue weighted by molar-refractivity contribution is -0.123. The van der Waals surface area contributed by atoms with Crippen LogP contribution < -0.4 is 5.32 Å². The molecule has 8 heavy (non-hydrogen) atoms. The van der Waals surface area contributed by atoms with Crippen LogP contribution >= 0.6 is 0 Å². The molecular weight excluding hydrogens is 102 g/mol. The van der Waals surface area contributed by atoms with E-state index in [4.69, 9.17) is 0 Å². The summed E-state index contributed by atoms with van der Waals surface area (Å²) in [6.07, 6.45) is 0. The summed E-state index contributed by atoms with van der Waals surface area (Å²) in [5, 5.41) is 7.95. The summed E-state index contributed by atoms with van der Waals surface area (Å²) in [5.74, 6) is 0. The van der Waals surface area contributed by atoms with Crippen molar-refractivity contribution in [2.24, 2.45) is 0 Å². The van der Waals surface area contributed by atoms with E-state index in [9.17, 15) is 0 Å². The molecule has 3 fully saturated rings. The highest BCUT2D eigenvalue weighted by Crippen LogP contribution is 2.13. The van der Waals surface area contributed by atoms with Crippen LogP contribution in [0.15, 0.2) is 0 Å². The molecule has 3 rings (SSSR count). The van der Waals surface area contributed by atoms with Crippen LogP contribution in [0, 0.1) is 0 Å². The van der Waals surface area contributed by atoms with Crippen LogP contribution in [-0.4, -0.2) is 42.9 Å². The molecule has 0 atom stereocenters. The average Bonchev–Trinajstić information content (AvgIpc) is 1.62. The Kier molecular flexibility index (Phi) is 0.848. The van der Waals surface area contributed by atoms with E-state index >= 15 is 0 Å². The minimum Gasteiger partial charge on any atom is -0.298 e. The second kappa shape index (κ2) is 1.43. The summed E-state index contributed by atoms with van der Waals surface area (Å²) in [6.45, 7) is 3.47. The second-order valence-corrected chi connectivity index (χ2v) is 2.59. The largest absolute Gasteiger partial charge is 0.298 e. The van der Waals surface area contributed by atoms with E-state index in [0.29, 0.717) is 0 Å². The number of fused-ring (bicyclic) bond motifs is 2. The fourth-order valence-electron chi connectivity index (χ4n) is 1.22. The maximum atomic E-state index is 3.38. The van der Waals surface area contributed by atoms with E-state index in [0.717, 1.165) is 12.7 Å². The average molecular weight is 113 g/mol. The Bertz CT molecular complexity index is 92.3. The second-order valence-electron chi connectivity index (χ2n) is 2.59. The first-order chi connectivity index (χ1) is 3.86. The predicted molar refractivity (Wildman–Crippen MR) is 31.1 cm³/mol. The molecule has 1 N–H and O–H groups in total. The Morgan fingerprint density at radius 2 is 2.25 bits per heavy atom. The molecule has 3 saturated heterocycles. The summed E-state index contributed by atoms with van der Waals surface area (Å²) in [4.78, 5) is 0. The topological polar surface area (TPSA) is 18.5 Å². The molecule has 3 heteroatoms. The molecule has 0 unspecified atom stereocenters. The Balaban J connectivity index is 2.01. The predicted octanol–water partition coefficient (Wildman–Crippen LogP) is -0.922. The van der Waals surface area contributed by atoms with E-state index in [1.165, 1.54) is 13.1 Å². The normalized spacial score (nSPS) is 46.1. The van der Waals surface area contributed by atoms with Gasteiger partial charge in [0.1, 0.15) is 0 Å². The SMILES string of the molecule is CN1CNC2CN1C2. The molecule has 0 radical (unpaired) electrons. The number of hydrogen-bond acceptors (Lipinski definition) is 3. The molecule has 0 aliphatic carbocycles. The van der Waals surface area contributed by atoms with Gasteiger partial charge in [0.15, 0.2) is 0 Å². The molecular formula is C5H11N3. The van der Waals surface area contributed by atoms with Gasteiger partial charge in [0.05, 0.1) is 6.67 Å². The highest BCUT2D eigenvalue weighted by molar-refractivity contribution is 4.87. The van der Waals surface area contributed by atoms with Crippen molar-refractivity contribution in [1.29, 1.82) is 0 Å². The standard InChI is InChI=1S/C5H11N3/c1-7-4-6-5-2-8(7)3-5/h5-6H,2-4H2,1H3. The van der Waals surface area contributed by atoms with Crippen molar-refractivity contribution in [2.75, 3.05) is 26.8 Å². The molecule has 3 aliphatic rings. The molecule has 0 aromatic heterocycles. The zero-order valence-corrected chi connectivity index (χ0v) is 5.09. The maximum absolute atomic E-state index is 3.38. The van der Waals surface area contributed by atoms with Gasteiger partial charge in [-0.2, -0.15) is 0 Å². The van der Waals surface area contributed by atoms with Crippen molar-refractivity contribution in [1.82, 2.24) is 15.3 Å². The van der Waals surface area contributed by atoms with Gasteiger partial charge in [-0.05, 0) is 0 Å². The van der Waals surface area contributed by atoms with Crippen molar-refractivity contribution in [3.63, 3.8) is 0 Å². The van der Waals surface area contributed by atoms with Gasteiger partial charge in [-0.25, -0.2) is 10.0 Å². The third kappa shape index (κ3) is 0.491. The third-order valence-corrected chi connectivity index (χ3v) is 1.95. The van der Waals surface area contributed by atoms with Crippen LogP contribution in [0.2, 0.25) is 0 Å². The van der Waals surface area contributed by atoms with Crippen molar-refractivity contribution >= 4 is 0 Å². The molecule has 0 aromatic rings. The van der Waals surface area contributed by atoms with Crippen molar-refractivity contribution in [2.45, 2.75) is 6.04 Å². The Morgan fingerprint density at radius 1 is 1.50 bits per heavy atom. The number of nitrogens with zero attached hydrogens (tertiary/aromatic N) is 2. The van der Waals surface area contributed by atoms with Crippen LogP contribution in [0.1, 0.15) is 0 Å². The van der Waals surface area contributed by atoms with Crippen LogP contribution in [0.4, 0.5) is 0 Å². The summed E-state index contributed by atoms with van der Waals surface area (Å²) in [6, 6.07) is 0.797. The summed E-state index contributed by atoms with van der Waals surface area (Å²) >= 11 is 0. The minimum atomic E-state index is 0.797. The molecule has 46 valence electrons. The van der Waals surface area contributed by atoms with Crippen molar-refractivity contribution in [3.8, 4) is 0 Å². The Morgan fingerprint density at radius 3 is 2.50 bits per heavy atom. The highest BCUT2D eigenvalue weighted by atomic mass is 15.7. The lowest BCUT2D eigenvalue weighted by Gasteiger charge is -2.50. The van der Waals surface area contributed by atoms with Crippen LogP contribution in [0.25, 0.3) is 0 Å². The lowest BCUT2D eigenvalue weighted by atomic mass is 10.1. The molecule has 2 bridgehead atoms. The van der Waals surface area contributed by atoms with Crippen LogP contribution in [-0.2, 0) is 0 Å². The van der Waals surface area contributed by atoms with Crippen molar-refractivity contribution < 1.29 is 0 Å². The lowest BCUT2D eigenvalue weighted by Crippen LogP contribution is -2.70. The number of nitrogens with one attached hydrogen (secondary N) is 1.